The van der Waals surface area contributed by atoms with Gasteiger partial charge in [0.25, 0.3) is 5.91 Å². The fourth-order valence-corrected chi connectivity index (χ4v) is 2.14. The normalized spacial score (nSPS) is 11.0. The predicted molar refractivity (Wildman–Crippen MR) is 87.9 cm³/mol. The summed E-state index contributed by atoms with van der Waals surface area (Å²) in [5, 5.41) is 4.35. The summed E-state index contributed by atoms with van der Waals surface area (Å²) >= 11 is 0. The molecule has 2 aromatic rings. The highest BCUT2D eigenvalue weighted by molar-refractivity contribution is 5.94. The number of alkyl halides is 3. The largest absolute Gasteiger partial charge is 0.471 e. The Morgan fingerprint density at radius 1 is 0.800 bits per heavy atom. The molecule has 2 amide bonds. The van der Waals surface area contributed by atoms with Crippen molar-refractivity contribution in [3.05, 3.63) is 60.2 Å². The van der Waals surface area contributed by atoms with Gasteiger partial charge in [0.1, 0.15) is 0 Å². The van der Waals surface area contributed by atoms with Gasteiger partial charge < -0.3 is 10.6 Å². The average molecular weight is 350 g/mol. The molecule has 0 unspecified atom stereocenters. The van der Waals surface area contributed by atoms with Gasteiger partial charge in [-0.2, -0.15) is 13.2 Å². The van der Waals surface area contributed by atoms with E-state index in [0.29, 0.717) is 5.56 Å². The average Bonchev–Trinajstić information content (AvgIpc) is 2.61. The lowest BCUT2D eigenvalue weighted by Crippen LogP contribution is -2.38. The topological polar surface area (TPSA) is 58.2 Å². The minimum Gasteiger partial charge on any atom is -0.352 e. The van der Waals surface area contributed by atoms with Gasteiger partial charge in [-0.25, -0.2) is 0 Å². The number of nitrogens with one attached hydrogen (secondary N) is 2. The Hall–Kier alpha value is -2.83. The molecule has 0 saturated heterocycles. The van der Waals surface area contributed by atoms with Crippen LogP contribution < -0.4 is 10.6 Å². The third-order valence-corrected chi connectivity index (χ3v) is 3.44. The molecular formula is C18H17F3N2O2. The molecule has 0 aliphatic carbocycles. The Bertz CT molecular complexity index is 713. The monoisotopic (exact) mass is 350 g/mol. The van der Waals surface area contributed by atoms with Crippen LogP contribution in [-0.4, -0.2) is 31.1 Å². The Kier molecular flexibility index (Phi) is 6.16. The van der Waals surface area contributed by atoms with E-state index in [1.54, 1.807) is 17.4 Å². The van der Waals surface area contributed by atoms with Gasteiger partial charge in [0, 0.05) is 18.7 Å². The Labute approximate surface area is 143 Å². The standard InChI is InChI=1S/C18H17F3N2O2/c19-18(20,21)17(25)23-12-4-11-22-16(24)15-9-7-14(8-10-15)13-5-2-1-3-6-13/h1-3,5-10H,4,11-12H2,(H,22,24)(H,23,25). The molecule has 2 aromatic carbocycles. The number of carbonyl (C=O) groups excluding carboxylic acids is 2. The molecule has 0 atom stereocenters. The van der Waals surface area contributed by atoms with E-state index in [2.05, 4.69) is 5.32 Å². The molecule has 25 heavy (non-hydrogen) atoms. The van der Waals surface area contributed by atoms with Crippen LogP contribution in [0.4, 0.5) is 13.2 Å². The molecule has 0 aliphatic rings. The smallest absolute Gasteiger partial charge is 0.352 e. The first-order chi connectivity index (χ1) is 11.9. The molecule has 132 valence electrons. The number of hydrogen-bond acceptors (Lipinski definition) is 2. The highest BCUT2D eigenvalue weighted by Crippen LogP contribution is 2.19. The van der Waals surface area contributed by atoms with E-state index in [9.17, 15) is 22.8 Å². The lowest BCUT2D eigenvalue weighted by Gasteiger charge is -2.09. The molecular weight excluding hydrogens is 333 g/mol. The summed E-state index contributed by atoms with van der Waals surface area (Å²) in [6.45, 7) is 0.00295. The second-order valence-corrected chi connectivity index (χ2v) is 5.31. The number of amides is 2. The summed E-state index contributed by atoms with van der Waals surface area (Å²) in [5.41, 5.74) is 2.47. The number of rotatable bonds is 6. The third-order valence-electron chi connectivity index (χ3n) is 3.44. The summed E-state index contributed by atoms with van der Waals surface area (Å²) < 4.78 is 35.9. The molecule has 7 heteroatoms. The molecule has 2 rings (SSSR count). The summed E-state index contributed by atoms with van der Waals surface area (Å²) in [5.74, 6) is -2.29. The van der Waals surface area contributed by atoms with Crippen LogP contribution in [0.25, 0.3) is 11.1 Å². The van der Waals surface area contributed by atoms with Crippen LogP contribution in [0.15, 0.2) is 54.6 Å². The molecule has 0 saturated carbocycles. The van der Waals surface area contributed by atoms with Gasteiger partial charge in [-0.05, 0) is 29.7 Å². The van der Waals surface area contributed by atoms with Gasteiger partial charge in [0.2, 0.25) is 0 Å². The van der Waals surface area contributed by atoms with Crippen molar-refractivity contribution in [2.75, 3.05) is 13.1 Å². The van der Waals surface area contributed by atoms with Crippen LogP contribution in [0.5, 0.6) is 0 Å². The first kappa shape index (κ1) is 18.5. The minimum absolute atomic E-state index is 0.161. The molecule has 0 fully saturated rings. The van der Waals surface area contributed by atoms with E-state index in [1.807, 2.05) is 42.5 Å². The van der Waals surface area contributed by atoms with Crippen molar-refractivity contribution in [2.24, 2.45) is 0 Å². The highest BCUT2D eigenvalue weighted by atomic mass is 19.4. The first-order valence-electron chi connectivity index (χ1n) is 7.66. The molecule has 2 N–H and O–H groups in total. The van der Waals surface area contributed by atoms with Crippen molar-refractivity contribution in [2.45, 2.75) is 12.6 Å². The van der Waals surface area contributed by atoms with Crippen molar-refractivity contribution in [3.8, 4) is 11.1 Å². The van der Waals surface area contributed by atoms with Crippen LogP contribution >= 0.6 is 0 Å². The van der Waals surface area contributed by atoms with E-state index in [0.717, 1.165) is 11.1 Å². The van der Waals surface area contributed by atoms with E-state index in [1.165, 1.54) is 0 Å². The number of hydrogen-bond donors (Lipinski definition) is 2. The zero-order valence-electron chi connectivity index (χ0n) is 13.3. The Balaban J connectivity index is 1.77. The zero-order valence-corrected chi connectivity index (χ0v) is 13.3. The van der Waals surface area contributed by atoms with Gasteiger partial charge >= 0.3 is 12.1 Å². The molecule has 0 radical (unpaired) electrons. The minimum atomic E-state index is -4.89. The van der Waals surface area contributed by atoms with Crippen LogP contribution in [0, 0.1) is 0 Å². The number of benzene rings is 2. The van der Waals surface area contributed by atoms with Crippen LogP contribution in [0.2, 0.25) is 0 Å². The van der Waals surface area contributed by atoms with Gasteiger partial charge in [-0.1, -0.05) is 42.5 Å². The molecule has 0 heterocycles. The van der Waals surface area contributed by atoms with E-state index >= 15 is 0 Å². The zero-order chi connectivity index (χ0) is 18.3. The summed E-state index contributed by atoms with van der Waals surface area (Å²) in [7, 11) is 0. The quantitative estimate of drug-likeness (QED) is 0.787. The van der Waals surface area contributed by atoms with E-state index < -0.39 is 12.1 Å². The van der Waals surface area contributed by atoms with Crippen LogP contribution in [-0.2, 0) is 4.79 Å². The predicted octanol–water partition coefficient (Wildman–Crippen LogP) is 3.15. The molecule has 4 nitrogen and oxygen atoms in total. The SMILES string of the molecule is O=C(NCCCNC(=O)C(F)(F)F)c1ccc(-c2ccccc2)cc1. The van der Waals surface area contributed by atoms with E-state index in [4.69, 9.17) is 0 Å². The molecule has 0 spiro atoms. The molecule has 0 aliphatic heterocycles. The van der Waals surface area contributed by atoms with Crippen molar-refractivity contribution < 1.29 is 22.8 Å². The van der Waals surface area contributed by atoms with Crippen LogP contribution in [0.3, 0.4) is 0 Å². The second-order valence-electron chi connectivity index (χ2n) is 5.31. The summed E-state index contributed by atoms with van der Waals surface area (Å²) in [6.07, 6.45) is -4.68. The number of carbonyl (C=O) groups is 2. The van der Waals surface area contributed by atoms with E-state index in [-0.39, 0.29) is 25.4 Å². The lowest BCUT2D eigenvalue weighted by atomic mass is 10.0. The molecule has 0 bridgehead atoms. The Morgan fingerprint density at radius 3 is 1.96 bits per heavy atom. The van der Waals surface area contributed by atoms with Crippen molar-refractivity contribution in [1.29, 1.82) is 0 Å². The maximum Gasteiger partial charge on any atom is 0.471 e. The first-order valence-corrected chi connectivity index (χ1v) is 7.66. The molecule has 0 aromatic heterocycles. The van der Waals surface area contributed by atoms with Crippen molar-refractivity contribution >= 4 is 11.8 Å². The summed E-state index contributed by atoms with van der Waals surface area (Å²) in [4.78, 5) is 22.6. The van der Waals surface area contributed by atoms with Gasteiger partial charge in [0.05, 0.1) is 0 Å². The van der Waals surface area contributed by atoms with Gasteiger partial charge in [0.15, 0.2) is 0 Å². The third kappa shape index (κ3) is 5.63. The lowest BCUT2D eigenvalue weighted by molar-refractivity contribution is -0.173. The van der Waals surface area contributed by atoms with Crippen molar-refractivity contribution in [1.82, 2.24) is 10.6 Å². The Morgan fingerprint density at radius 2 is 1.36 bits per heavy atom. The van der Waals surface area contributed by atoms with Crippen molar-refractivity contribution in [3.63, 3.8) is 0 Å². The fourth-order valence-electron chi connectivity index (χ4n) is 2.14. The second kappa shape index (κ2) is 8.32. The maximum absolute atomic E-state index is 12.0. The highest BCUT2D eigenvalue weighted by Gasteiger charge is 2.38. The summed E-state index contributed by atoms with van der Waals surface area (Å²) in [6, 6.07) is 16.7. The van der Waals surface area contributed by atoms with Crippen LogP contribution in [0.1, 0.15) is 16.8 Å². The maximum atomic E-state index is 12.0. The van der Waals surface area contributed by atoms with Gasteiger partial charge in [-0.15, -0.1) is 0 Å². The number of halogens is 3. The van der Waals surface area contributed by atoms with Gasteiger partial charge in [-0.3, -0.25) is 9.59 Å². The fraction of sp³-hybridized carbons (Fsp3) is 0.222.